The van der Waals surface area contributed by atoms with Crippen LogP contribution in [0, 0.1) is 12.3 Å². The Morgan fingerprint density at radius 1 is 1.59 bits per heavy atom. The van der Waals surface area contributed by atoms with E-state index in [-0.39, 0.29) is 11.9 Å². The number of carbonyl (C=O) groups excluding carboxylic acids is 1. The molecule has 2 nitrogen and oxygen atoms in total. The second kappa shape index (κ2) is 7.13. The SMILES string of the molecule is C#CC(CCC)NC(=O)Cc1cccc(Br)c1. The Hall–Kier alpha value is -1.27. The Labute approximate surface area is 111 Å². The summed E-state index contributed by atoms with van der Waals surface area (Å²) in [7, 11) is 0. The van der Waals surface area contributed by atoms with E-state index < -0.39 is 0 Å². The second-order valence-electron chi connectivity index (χ2n) is 3.88. The summed E-state index contributed by atoms with van der Waals surface area (Å²) in [5.74, 6) is 2.56. The van der Waals surface area contributed by atoms with Gasteiger partial charge in [-0.15, -0.1) is 6.42 Å². The third kappa shape index (κ3) is 5.06. The number of terminal acetylenes is 1. The van der Waals surface area contributed by atoms with E-state index in [1.807, 2.05) is 31.2 Å². The molecule has 0 spiro atoms. The summed E-state index contributed by atoms with van der Waals surface area (Å²) >= 11 is 3.38. The number of hydrogen-bond acceptors (Lipinski definition) is 1. The van der Waals surface area contributed by atoms with Crippen molar-refractivity contribution in [3.05, 3.63) is 34.3 Å². The Morgan fingerprint density at radius 2 is 2.35 bits per heavy atom. The van der Waals surface area contributed by atoms with Crippen molar-refractivity contribution in [1.82, 2.24) is 5.32 Å². The van der Waals surface area contributed by atoms with Crippen molar-refractivity contribution in [1.29, 1.82) is 0 Å². The van der Waals surface area contributed by atoms with Crippen molar-refractivity contribution in [3.8, 4) is 12.3 Å². The molecule has 1 amide bonds. The van der Waals surface area contributed by atoms with Crippen LogP contribution in [0.3, 0.4) is 0 Å². The number of hydrogen-bond donors (Lipinski definition) is 1. The molecule has 0 aromatic heterocycles. The molecule has 0 bridgehead atoms. The summed E-state index contributed by atoms with van der Waals surface area (Å²) < 4.78 is 0.977. The van der Waals surface area contributed by atoms with Gasteiger partial charge in [0.05, 0.1) is 12.5 Å². The van der Waals surface area contributed by atoms with E-state index in [2.05, 4.69) is 27.2 Å². The first-order valence-electron chi connectivity index (χ1n) is 5.65. The van der Waals surface area contributed by atoms with Crippen LogP contribution in [-0.4, -0.2) is 11.9 Å². The average Bonchev–Trinajstić information content (AvgIpc) is 2.28. The molecule has 0 aliphatic carbocycles. The highest BCUT2D eigenvalue weighted by atomic mass is 79.9. The average molecular weight is 294 g/mol. The van der Waals surface area contributed by atoms with Crippen molar-refractivity contribution < 1.29 is 4.79 Å². The number of benzene rings is 1. The van der Waals surface area contributed by atoms with Crippen LogP contribution in [0.5, 0.6) is 0 Å². The number of halogens is 1. The molecule has 1 N–H and O–H groups in total. The summed E-state index contributed by atoms with van der Waals surface area (Å²) in [6, 6.07) is 7.55. The van der Waals surface area contributed by atoms with Crippen LogP contribution in [0.1, 0.15) is 25.3 Å². The van der Waals surface area contributed by atoms with Crippen LogP contribution in [0.4, 0.5) is 0 Å². The zero-order chi connectivity index (χ0) is 12.7. The Morgan fingerprint density at radius 3 is 2.94 bits per heavy atom. The van der Waals surface area contributed by atoms with Gasteiger partial charge in [0.2, 0.25) is 5.91 Å². The number of amides is 1. The van der Waals surface area contributed by atoms with Crippen LogP contribution in [0.15, 0.2) is 28.7 Å². The van der Waals surface area contributed by atoms with Gasteiger partial charge in [-0.3, -0.25) is 4.79 Å². The maximum atomic E-state index is 11.7. The summed E-state index contributed by atoms with van der Waals surface area (Å²) in [6.07, 6.45) is 7.50. The smallest absolute Gasteiger partial charge is 0.225 e. The molecule has 0 heterocycles. The highest BCUT2D eigenvalue weighted by Gasteiger charge is 2.09. The first-order chi connectivity index (χ1) is 8.15. The zero-order valence-electron chi connectivity index (χ0n) is 9.87. The van der Waals surface area contributed by atoms with Crippen molar-refractivity contribution in [3.63, 3.8) is 0 Å². The van der Waals surface area contributed by atoms with Gasteiger partial charge in [0.25, 0.3) is 0 Å². The first-order valence-corrected chi connectivity index (χ1v) is 6.45. The van der Waals surface area contributed by atoms with Crippen molar-refractivity contribution in [2.45, 2.75) is 32.2 Å². The van der Waals surface area contributed by atoms with Crippen LogP contribution in [0.25, 0.3) is 0 Å². The Balaban J connectivity index is 2.52. The lowest BCUT2D eigenvalue weighted by Crippen LogP contribution is -2.34. The lowest BCUT2D eigenvalue weighted by atomic mass is 10.1. The van der Waals surface area contributed by atoms with Crippen molar-refractivity contribution in [2.24, 2.45) is 0 Å². The standard InChI is InChI=1S/C14H16BrNO/c1-3-6-13(4-2)16-14(17)10-11-7-5-8-12(15)9-11/h2,5,7-9,13H,3,6,10H2,1H3,(H,16,17). The quantitative estimate of drug-likeness (QED) is 0.831. The van der Waals surface area contributed by atoms with Crippen molar-refractivity contribution >= 4 is 21.8 Å². The van der Waals surface area contributed by atoms with E-state index >= 15 is 0 Å². The highest BCUT2D eigenvalue weighted by molar-refractivity contribution is 9.10. The highest BCUT2D eigenvalue weighted by Crippen LogP contribution is 2.12. The number of nitrogens with one attached hydrogen (secondary N) is 1. The molecule has 0 saturated carbocycles. The molecule has 0 aliphatic rings. The third-order valence-corrected chi connectivity index (χ3v) is 2.86. The molecule has 1 unspecified atom stereocenters. The van der Waals surface area contributed by atoms with Crippen LogP contribution in [-0.2, 0) is 11.2 Å². The summed E-state index contributed by atoms with van der Waals surface area (Å²) in [5, 5.41) is 2.85. The minimum absolute atomic E-state index is 0.0282. The first kappa shape index (κ1) is 13.8. The van der Waals surface area contributed by atoms with Gasteiger partial charge in [-0.2, -0.15) is 0 Å². The maximum absolute atomic E-state index is 11.7. The minimum Gasteiger partial charge on any atom is -0.342 e. The fraction of sp³-hybridized carbons (Fsp3) is 0.357. The Kier molecular flexibility index (Phi) is 5.79. The lowest BCUT2D eigenvalue weighted by Gasteiger charge is -2.11. The molecule has 1 aromatic carbocycles. The minimum atomic E-state index is -0.153. The van der Waals surface area contributed by atoms with Gasteiger partial charge < -0.3 is 5.32 Å². The van der Waals surface area contributed by atoms with Crippen molar-refractivity contribution in [2.75, 3.05) is 0 Å². The largest absolute Gasteiger partial charge is 0.342 e. The van der Waals surface area contributed by atoms with E-state index in [4.69, 9.17) is 6.42 Å². The van der Waals surface area contributed by atoms with Gasteiger partial charge in [-0.1, -0.05) is 47.3 Å². The van der Waals surface area contributed by atoms with Gasteiger partial charge >= 0.3 is 0 Å². The maximum Gasteiger partial charge on any atom is 0.225 e. The molecule has 90 valence electrons. The van der Waals surface area contributed by atoms with Crippen LogP contribution >= 0.6 is 15.9 Å². The van der Waals surface area contributed by atoms with E-state index in [0.29, 0.717) is 6.42 Å². The molecule has 1 rings (SSSR count). The van der Waals surface area contributed by atoms with Crippen LogP contribution in [0.2, 0.25) is 0 Å². The molecule has 0 radical (unpaired) electrons. The summed E-state index contributed by atoms with van der Waals surface area (Å²) in [6.45, 7) is 2.05. The van der Waals surface area contributed by atoms with Gasteiger partial charge in [0, 0.05) is 4.47 Å². The third-order valence-electron chi connectivity index (χ3n) is 2.37. The molecule has 1 aromatic rings. The summed E-state index contributed by atoms with van der Waals surface area (Å²) in [4.78, 5) is 11.7. The molecule has 0 fully saturated rings. The lowest BCUT2D eigenvalue weighted by molar-refractivity contribution is -0.120. The molecular formula is C14H16BrNO. The molecule has 1 atom stereocenters. The Bertz CT molecular complexity index is 422. The van der Waals surface area contributed by atoms with E-state index in [9.17, 15) is 4.79 Å². The summed E-state index contributed by atoms with van der Waals surface area (Å²) in [5.41, 5.74) is 0.976. The number of rotatable bonds is 5. The fourth-order valence-electron chi connectivity index (χ4n) is 1.56. The number of carbonyl (C=O) groups is 1. The molecular weight excluding hydrogens is 278 g/mol. The topological polar surface area (TPSA) is 29.1 Å². The van der Waals surface area contributed by atoms with E-state index in [1.54, 1.807) is 0 Å². The van der Waals surface area contributed by atoms with E-state index in [1.165, 1.54) is 0 Å². The predicted molar refractivity (Wildman–Crippen MR) is 73.5 cm³/mol. The van der Waals surface area contributed by atoms with E-state index in [0.717, 1.165) is 22.9 Å². The monoisotopic (exact) mass is 293 g/mol. The zero-order valence-corrected chi connectivity index (χ0v) is 11.5. The predicted octanol–water partition coefficient (Wildman–Crippen LogP) is 2.91. The van der Waals surface area contributed by atoms with Crippen LogP contribution < -0.4 is 5.32 Å². The fourth-order valence-corrected chi connectivity index (χ4v) is 2.01. The molecule has 17 heavy (non-hydrogen) atoms. The van der Waals surface area contributed by atoms with Gasteiger partial charge in [0.1, 0.15) is 0 Å². The molecule has 0 saturated heterocycles. The van der Waals surface area contributed by atoms with Gasteiger partial charge in [-0.05, 0) is 24.1 Å². The molecule has 3 heteroatoms. The molecule has 0 aliphatic heterocycles. The second-order valence-corrected chi connectivity index (χ2v) is 4.80. The normalized spacial score (nSPS) is 11.6. The van der Waals surface area contributed by atoms with Gasteiger partial charge in [0.15, 0.2) is 0 Å². The van der Waals surface area contributed by atoms with Gasteiger partial charge in [-0.25, -0.2) is 0 Å².